The third-order valence-electron chi connectivity index (χ3n) is 1.59. The minimum atomic E-state index is -3.44. The van der Waals surface area contributed by atoms with Crippen molar-refractivity contribution < 1.29 is 8.42 Å². The van der Waals surface area contributed by atoms with Gasteiger partial charge < -0.3 is 5.73 Å². The van der Waals surface area contributed by atoms with Gasteiger partial charge in [-0.2, -0.15) is 0 Å². The van der Waals surface area contributed by atoms with Crippen LogP contribution in [0.15, 0.2) is 24.3 Å². The summed E-state index contributed by atoms with van der Waals surface area (Å²) in [4.78, 5) is 0. The van der Waals surface area contributed by atoms with Crippen LogP contribution in [-0.4, -0.2) is 8.42 Å². The molecule has 0 aliphatic carbocycles. The smallest absolute Gasteiger partial charge is 0.213 e. The molecule has 5 heteroatoms. The minimum Gasteiger partial charge on any atom is -0.326 e. The molecule has 0 atom stereocenters. The van der Waals surface area contributed by atoms with Crippen molar-refractivity contribution in [2.45, 2.75) is 12.3 Å². The van der Waals surface area contributed by atoms with Crippen molar-refractivity contribution >= 4 is 10.0 Å². The van der Waals surface area contributed by atoms with Crippen LogP contribution < -0.4 is 10.9 Å². The van der Waals surface area contributed by atoms with Gasteiger partial charge >= 0.3 is 0 Å². The third-order valence-corrected chi connectivity index (χ3v) is 2.33. The molecular weight excluding hydrogens is 188 g/mol. The van der Waals surface area contributed by atoms with Crippen molar-refractivity contribution in [1.82, 2.24) is 0 Å². The molecule has 4 N–H and O–H groups in total. The molecule has 0 aliphatic heterocycles. The molecule has 72 valence electrons. The Morgan fingerprint density at radius 3 is 2.38 bits per heavy atom. The first kappa shape index (κ1) is 10.2. The van der Waals surface area contributed by atoms with E-state index in [0.29, 0.717) is 12.1 Å². The van der Waals surface area contributed by atoms with E-state index >= 15 is 0 Å². The Morgan fingerprint density at radius 2 is 1.85 bits per heavy atom. The second kappa shape index (κ2) is 3.87. The molecule has 1 rings (SSSR count). The SMILES string of the molecule is NCc1cccc(CS(N)(=O)=O)c1. The lowest BCUT2D eigenvalue weighted by Gasteiger charge is -2.01. The highest BCUT2D eigenvalue weighted by Crippen LogP contribution is 2.06. The van der Waals surface area contributed by atoms with Gasteiger partial charge in [0, 0.05) is 6.54 Å². The van der Waals surface area contributed by atoms with Crippen molar-refractivity contribution in [3.05, 3.63) is 35.4 Å². The minimum absolute atomic E-state index is 0.138. The molecular formula is C8H12N2O2S. The molecule has 0 heterocycles. The molecule has 13 heavy (non-hydrogen) atoms. The van der Waals surface area contributed by atoms with Crippen LogP contribution in [0.3, 0.4) is 0 Å². The van der Waals surface area contributed by atoms with E-state index in [0.717, 1.165) is 5.56 Å². The predicted molar refractivity (Wildman–Crippen MR) is 51.1 cm³/mol. The molecule has 0 radical (unpaired) electrons. The topological polar surface area (TPSA) is 86.2 Å². The maximum Gasteiger partial charge on any atom is 0.213 e. The summed E-state index contributed by atoms with van der Waals surface area (Å²) in [5.74, 6) is -0.138. The molecule has 0 unspecified atom stereocenters. The zero-order chi connectivity index (χ0) is 9.90. The molecule has 0 amide bonds. The first-order valence-electron chi connectivity index (χ1n) is 3.79. The number of nitrogens with two attached hydrogens (primary N) is 2. The van der Waals surface area contributed by atoms with Crippen LogP contribution in [0.4, 0.5) is 0 Å². The van der Waals surface area contributed by atoms with Gasteiger partial charge in [-0.1, -0.05) is 24.3 Å². The highest BCUT2D eigenvalue weighted by atomic mass is 32.2. The first-order valence-corrected chi connectivity index (χ1v) is 5.51. The molecule has 0 bridgehead atoms. The summed E-state index contributed by atoms with van der Waals surface area (Å²) in [5, 5.41) is 4.90. The zero-order valence-electron chi connectivity index (χ0n) is 7.10. The Kier molecular flexibility index (Phi) is 3.02. The standard InChI is InChI=1S/C8H12N2O2S/c9-5-7-2-1-3-8(4-7)6-13(10,11)12/h1-4H,5-6,9H2,(H2,10,11,12). The van der Waals surface area contributed by atoms with E-state index < -0.39 is 10.0 Å². The fraction of sp³-hybridized carbons (Fsp3) is 0.250. The van der Waals surface area contributed by atoms with E-state index in [-0.39, 0.29) is 5.75 Å². The van der Waals surface area contributed by atoms with E-state index in [9.17, 15) is 8.42 Å². The van der Waals surface area contributed by atoms with Gasteiger partial charge in [-0.05, 0) is 11.1 Å². The largest absolute Gasteiger partial charge is 0.326 e. The normalized spacial score (nSPS) is 11.5. The lowest BCUT2D eigenvalue weighted by Crippen LogP contribution is -2.14. The van der Waals surface area contributed by atoms with Gasteiger partial charge in [-0.25, -0.2) is 13.6 Å². The van der Waals surface area contributed by atoms with Crippen LogP contribution in [0.25, 0.3) is 0 Å². The van der Waals surface area contributed by atoms with E-state index in [1.54, 1.807) is 18.2 Å². The summed E-state index contributed by atoms with van der Waals surface area (Å²) in [6, 6.07) is 7.06. The monoisotopic (exact) mass is 200 g/mol. The first-order chi connectivity index (χ1) is 6.01. The van der Waals surface area contributed by atoms with E-state index in [1.165, 1.54) is 0 Å². The van der Waals surface area contributed by atoms with Crippen molar-refractivity contribution in [2.75, 3.05) is 0 Å². The van der Waals surface area contributed by atoms with Crippen LogP contribution >= 0.6 is 0 Å². The van der Waals surface area contributed by atoms with Crippen LogP contribution in [0.1, 0.15) is 11.1 Å². The fourth-order valence-electron chi connectivity index (χ4n) is 1.08. The number of hydrogen-bond donors (Lipinski definition) is 2. The summed E-state index contributed by atoms with van der Waals surface area (Å²) < 4.78 is 21.5. The molecule has 0 saturated heterocycles. The lowest BCUT2D eigenvalue weighted by atomic mass is 10.1. The van der Waals surface area contributed by atoms with Gasteiger partial charge in [0.15, 0.2) is 0 Å². The summed E-state index contributed by atoms with van der Waals surface area (Å²) in [6.07, 6.45) is 0. The predicted octanol–water partition coefficient (Wildman–Crippen LogP) is -0.0662. The lowest BCUT2D eigenvalue weighted by molar-refractivity contribution is 0.597. The third kappa shape index (κ3) is 3.54. The fourth-order valence-corrected chi connectivity index (χ4v) is 1.72. The van der Waals surface area contributed by atoms with Crippen LogP contribution in [0.2, 0.25) is 0 Å². The van der Waals surface area contributed by atoms with Crippen molar-refractivity contribution in [3.8, 4) is 0 Å². The Balaban J connectivity index is 2.90. The number of sulfonamides is 1. The van der Waals surface area contributed by atoms with E-state index in [2.05, 4.69) is 0 Å². The zero-order valence-corrected chi connectivity index (χ0v) is 7.92. The highest BCUT2D eigenvalue weighted by Gasteiger charge is 2.04. The molecule has 1 aromatic rings. The van der Waals surface area contributed by atoms with Crippen molar-refractivity contribution in [1.29, 1.82) is 0 Å². The molecule has 0 aromatic heterocycles. The average Bonchev–Trinajstić information content (AvgIpc) is 2.01. The van der Waals surface area contributed by atoms with Gasteiger partial charge in [0.2, 0.25) is 10.0 Å². The van der Waals surface area contributed by atoms with E-state index in [1.807, 2.05) is 6.07 Å². The molecule has 4 nitrogen and oxygen atoms in total. The maximum absolute atomic E-state index is 10.7. The van der Waals surface area contributed by atoms with Gasteiger partial charge in [0.05, 0.1) is 5.75 Å². The van der Waals surface area contributed by atoms with Gasteiger partial charge in [-0.3, -0.25) is 0 Å². The average molecular weight is 200 g/mol. The summed E-state index contributed by atoms with van der Waals surface area (Å²) in [5.41, 5.74) is 6.98. The Labute approximate surface area is 77.6 Å². The maximum atomic E-state index is 10.7. The van der Waals surface area contributed by atoms with Crippen molar-refractivity contribution in [2.24, 2.45) is 10.9 Å². The molecule has 0 saturated carbocycles. The molecule has 0 spiro atoms. The Hall–Kier alpha value is -0.910. The Bertz CT molecular complexity index is 387. The molecule has 0 aliphatic rings. The van der Waals surface area contributed by atoms with Gasteiger partial charge in [0.25, 0.3) is 0 Å². The van der Waals surface area contributed by atoms with Gasteiger partial charge in [0.1, 0.15) is 0 Å². The Morgan fingerprint density at radius 1 is 1.23 bits per heavy atom. The summed E-state index contributed by atoms with van der Waals surface area (Å²) in [6.45, 7) is 0.401. The van der Waals surface area contributed by atoms with Gasteiger partial charge in [-0.15, -0.1) is 0 Å². The quantitative estimate of drug-likeness (QED) is 0.716. The summed E-state index contributed by atoms with van der Waals surface area (Å²) >= 11 is 0. The van der Waals surface area contributed by atoms with Crippen LogP contribution in [0.5, 0.6) is 0 Å². The summed E-state index contributed by atoms with van der Waals surface area (Å²) in [7, 11) is -3.44. The number of hydrogen-bond acceptors (Lipinski definition) is 3. The molecule has 1 aromatic carbocycles. The number of primary sulfonamides is 1. The molecule has 0 fully saturated rings. The second-order valence-electron chi connectivity index (χ2n) is 2.83. The van der Waals surface area contributed by atoms with Crippen LogP contribution in [-0.2, 0) is 22.3 Å². The van der Waals surface area contributed by atoms with Crippen molar-refractivity contribution in [3.63, 3.8) is 0 Å². The number of rotatable bonds is 3. The van der Waals surface area contributed by atoms with E-state index in [4.69, 9.17) is 10.9 Å². The number of benzene rings is 1. The van der Waals surface area contributed by atoms with Crippen LogP contribution in [0, 0.1) is 0 Å². The second-order valence-corrected chi connectivity index (χ2v) is 4.45. The highest BCUT2D eigenvalue weighted by molar-refractivity contribution is 7.88.